The normalized spacial score (nSPS) is 20.6. The van der Waals surface area contributed by atoms with Crippen LogP contribution in [-0.2, 0) is 11.8 Å². The van der Waals surface area contributed by atoms with E-state index in [9.17, 15) is 4.79 Å². The molecule has 1 fully saturated rings. The van der Waals surface area contributed by atoms with Crippen LogP contribution in [0.2, 0.25) is 0 Å². The van der Waals surface area contributed by atoms with Crippen LogP contribution in [0.25, 0.3) is 0 Å². The maximum absolute atomic E-state index is 12.8. The third-order valence-corrected chi connectivity index (χ3v) is 4.67. The van der Waals surface area contributed by atoms with Gasteiger partial charge in [-0.1, -0.05) is 18.2 Å². The second kappa shape index (κ2) is 8.36. The van der Waals surface area contributed by atoms with Crippen molar-refractivity contribution in [1.29, 1.82) is 0 Å². The molecule has 2 N–H and O–H groups in total. The minimum Gasteiger partial charge on any atom is -0.496 e. The number of nitrogens with zero attached hydrogens (tertiary/aromatic N) is 2. The molecule has 0 aliphatic carbocycles. The molecule has 1 aromatic carbocycles. The van der Waals surface area contributed by atoms with E-state index in [1.165, 1.54) is 0 Å². The highest BCUT2D eigenvalue weighted by Crippen LogP contribution is 2.30. The molecule has 0 bridgehead atoms. The van der Waals surface area contributed by atoms with Crippen molar-refractivity contribution in [2.45, 2.75) is 18.9 Å². The number of amides is 1. The fraction of sp³-hybridized carbons (Fsp3) is 0.444. The predicted molar refractivity (Wildman–Crippen MR) is 99.1 cm³/mol. The number of carbonyl (C=O) groups excluding carboxylic acids is 1. The van der Waals surface area contributed by atoms with Gasteiger partial charge in [-0.2, -0.15) is 5.10 Å². The van der Waals surface area contributed by atoms with Crippen LogP contribution in [0.4, 0.5) is 0 Å². The number of hydrogen-bond acceptors (Lipinski definition) is 4. The molecule has 7 heteroatoms. The molecule has 25 heavy (non-hydrogen) atoms. The summed E-state index contributed by atoms with van der Waals surface area (Å²) in [5, 5.41) is 10.7. The molecule has 1 amide bonds. The maximum atomic E-state index is 12.8. The predicted octanol–water partition coefficient (Wildman–Crippen LogP) is 2.03. The van der Waals surface area contributed by atoms with E-state index >= 15 is 0 Å². The fourth-order valence-electron chi connectivity index (χ4n) is 3.36. The monoisotopic (exact) mass is 364 g/mol. The number of rotatable bonds is 5. The van der Waals surface area contributed by atoms with Gasteiger partial charge in [0.2, 0.25) is 5.91 Å². The Kier molecular flexibility index (Phi) is 6.45. The minimum absolute atomic E-state index is 0. The van der Waals surface area contributed by atoms with Gasteiger partial charge in [0.25, 0.3) is 0 Å². The second-order valence-corrected chi connectivity index (χ2v) is 6.29. The quantitative estimate of drug-likeness (QED) is 0.851. The largest absolute Gasteiger partial charge is 0.496 e. The van der Waals surface area contributed by atoms with Crippen molar-refractivity contribution in [2.75, 3.05) is 20.2 Å². The van der Waals surface area contributed by atoms with E-state index in [0.29, 0.717) is 6.54 Å². The number of nitrogens with one attached hydrogen (secondary N) is 2. The second-order valence-electron chi connectivity index (χ2n) is 6.29. The third kappa shape index (κ3) is 4.14. The van der Waals surface area contributed by atoms with Crippen molar-refractivity contribution in [3.63, 3.8) is 0 Å². The molecule has 3 rings (SSSR count). The molecule has 1 unspecified atom stereocenters. The lowest BCUT2D eigenvalue weighted by molar-refractivity contribution is -0.125. The highest BCUT2D eigenvalue weighted by Gasteiger charge is 2.35. The van der Waals surface area contributed by atoms with Crippen LogP contribution in [0, 0.1) is 5.92 Å². The zero-order valence-corrected chi connectivity index (χ0v) is 15.5. The van der Waals surface area contributed by atoms with Gasteiger partial charge < -0.3 is 15.4 Å². The van der Waals surface area contributed by atoms with Crippen LogP contribution in [0.1, 0.15) is 30.0 Å². The van der Waals surface area contributed by atoms with E-state index in [1.54, 1.807) is 11.8 Å². The molecular formula is C18H25ClN4O2. The first-order chi connectivity index (χ1) is 11.6. The summed E-state index contributed by atoms with van der Waals surface area (Å²) in [6.07, 6.45) is 3.84. The lowest BCUT2D eigenvalue weighted by atomic mass is 9.90. The molecule has 2 heterocycles. The Morgan fingerprint density at radius 2 is 2.16 bits per heavy atom. The first-order valence-corrected chi connectivity index (χ1v) is 8.22. The Labute approximate surface area is 154 Å². The van der Waals surface area contributed by atoms with E-state index in [2.05, 4.69) is 15.7 Å². The average molecular weight is 365 g/mol. The molecule has 1 saturated heterocycles. The molecule has 1 aromatic heterocycles. The molecule has 0 saturated carbocycles. The number of aryl methyl sites for hydroxylation is 1. The molecule has 0 radical (unpaired) electrons. The van der Waals surface area contributed by atoms with Gasteiger partial charge in [0.05, 0.1) is 25.3 Å². The number of halogens is 1. The van der Waals surface area contributed by atoms with Crippen molar-refractivity contribution in [1.82, 2.24) is 20.4 Å². The topological polar surface area (TPSA) is 68.2 Å². The van der Waals surface area contributed by atoms with Crippen LogP contribution in [0.15, 0.2) is 36.7 Å². The van der Waals surface area contributed by atoms with Crippen LogP contribution in [0.5, 0.6) is 5.75 Å². The molecule has 1 aliphatic heterocycles. The molecule has 3 atom stereocenters. The number of aromatic nitrogens is 2. The van der Waals surface area contributed by atoms with Crippen LogP contribution in [0.3, 0.4) is 0 Å². The van der Waals surface area contributed by atoms with E-state index in [1.807, 2.05) is 50.6 Å². The molecule has 136 valence electrons. The zero-order chi connectivity index (χ0) is 17.1. The molecular weight excluding hydrogens is 340 g/mol. The van der Waals surface area contributed by atoms with E-state index < -0.39 is 0 Å². The summed E-state index contributed by atoms with van der Waals surface area (Å²) >= 11 is 0. The molecule has 2 aromatic rings. The van der Waals surface area contributed by atoms with Crippen LogP contribution >= 0.6 is 12.4 Å². The van der Waals surface area contributed by atoms with Gasteiger partial charge >= 0.3 is 0 Å². The summed E-state index contributed by atoms with van der Waals surface area (Å²) in [5.41, 5.74) is 2.09. The van der Waals surface area contributed by atoms with Crippen molar-refractivity contribution < 1.29 is 9.53 Å². The Hall–Kier alpha value is -2.05. The third-order valence-electron chi connectivity index (χ3n) is 4.67. The van der Waals surface area contributed by atoms with Gasteiger partial charge in [0.15, 0.2) is 0 Å². The van der Waals surface area contributed by atoms with E-state index in [0.717, 1.165) is 23.4 Å². The maximum Gasteiger partial charge on any atom is 0.225 e. The van der Waals surface area contributed by atoms with E-state index in [4.69, 9.17) is 4.74 Å². The van der Waals surface area contributed by atoms with Gasteiger partial charge in [-0.3, -0.25) is 9.48 Å². The summed E-state index contributed by atoms with van der Waals surface area (Å²) in [5.74, 6) is 0.917. The number of ether oxygens (including phenoxy) is 1. The van der Waals surface area contributed by atoms with E-state index in [-0.39, 0.29) is 36.2 Å². The summed E-state index contributed by atoms with van der Waals surface area (Å²) in [4.78, 5) is 12.8. The summed E-state index contributed by atoms with van der Waals surface area (Å²) < 4.78 is 7.17. The summed E-state index contributed by atoms with van der Waals surface area (Å²) in [7, 11) is 3.54. The Bertz CT molecular complexity index is 719. The number of carbonyl (C=O) groups is 1. The highest BCUT2D eigenvalue weighted by molar-refractivity contribution is 5.85. The smallest absolute Gasteiger partial charge is 0.225 e. The lowest BCUT2D eigenvalue weighted by Crippen LogP contribution is -2.36. The van der Waals surface area contributed by atoms with Crippen molar-refractivity contribution >= 4 is 18.3 Å². The van der Waals surface area contributed by atoms with Gasteiger partial charge in [0, 0.05) is 37.8 Å². The average Bonchev–Trinajstić information content (AvgIpc) is 3.23. The van der Waals surface area contributed by atoms with Gasteiger partial charge in [0.1, 0.15) is 5.75 Å². The fourth-order valence-corrected chi connectivity index (χ4v) is 3.36. The SMILES string of the molecule is COc1ccccc1C(C)NC(=O)[C@H]1CNC[C@@H]1c1cnn(C)c1.Cl. The number of benzene rings is 1. The van der Waals surface area contributed by atoms with Gasteiger partial charge in [-0.05, 0) is 18.6 Å². The van der Waals surface area contributed by atoms with Crippen molar-refractivity contribution in [2.24, 2.45) is 13.0 Å². The van der Waals surface area contributed by atoms with Crippen molar-refractivity contribution in [3.05, 3.63) is 47.8 Å². The Morgan fingerprint density at radius 3 is 2.84 bits per heavy atom. The first kappa shape index (κ1) is 19.3. The highest BCUT2D eigenvalue weighted by atomic mass is 35.5. The number of hydrogen-bond donors (Lipinski definition) is 2. The number of methoxy groups -OCH3 is 1. The summed E-state index contributed by atoms with van der Waals surface area (Å²) in [6.45, 7) is 3.47. The molecule has 6 nitrogen and oxygen atoms in total. The number of para-hydroxylation sites is 1. The van der Waals surface area contributed by atoms with Crippen LogP contribution in [-0.4, -0.2) is 35.9 Å². The van der Waals surface area contributed by atoms with Crippen molar-refractivity contribution in [3.8, 4) is 5.75 Å². The summed E-state index contributed by atoms with van der Waals surface area (Å²) in [6, 6.07) is 7.67. The Balaban J connectivity index is 0.00000225. The first-order valence-electron chi connectivity index (χ1n) is 8.22. The van der Waals surface area contributed by atoms with Gasteiger partial charge in [-0.15, -0.1) is 12.4 Å². The zero-order valence-electron chi connectivity index (χ0n) is 14.7. The molecule has 0 spiro atoms. The molecule has 1 aliphatic rings. The standard InChI is InChI=1S/C18H24N4O2.ClH/c1-12(14-6-4-5-7-17(14)24-3)21-18(23)16-10-19-9-15(16)13-8-20-22(2)11-13;/h4-8,11-12,15-16,19H,9-10H2,1-3H3,(H,21,23);1H/t12?,15-,16+;/m1./s1. The lowest BCUT2D eigenvalue weighted by Gasteiger charge is -2.22. The van der Waals surface area contributed by atoms with Gasteiger partial charge in [-0.25, -0.2) is 0 Å². The Morgan fingerprint density at radius 1 is 1.40 bits per heavy atom. The minimum atomic E-state index is -0.108. The van der Waals surface area contributed by atoms with Crippen LogP contribution < -0.4 is 15.4 Å².